The summed E-state index contributed by atoms with van der Waals surface area (Å²) < 4.78 is 39.6. The topological polar surface area (TPSA) is 52.6 Å². The number of halogens is 4. The number of piperidine rings is 1. The molecule has 1 aliphatic carbocycles. The molecule has 2 aliphatic rings. The molecule has 1 aromatic heterocycles. The van der Waals surface area contributed by atoms with Crippen LogP contribution in [0.15, 0.2) is 53.7 Å². The Morgan fingerprint density at radius 3 is 2.48 bits per heavy atom. The van der Waals surface area contributed by atoms with Gasteiger partial charge >= 0.3 is 6.18 Å². The predicted molar refractivity (Wildman–Crippen MR) is 136 cm³/mol. The molecule has 2 aromatic rings. The summed E-state index contributed by atoms with van der Waals surface area (Å²) in [6, 6.07) is 12.0. The van der Waals surface area contributed by atoms with Gasteiger partial charge in [-0.25, -0.2) is 4.98 Å². The first-order valence-corrected chi connectivity index (χ1v) is 11.2. The van der Waals surface area contributed by atoms with Crippen molar-refractivity contribution < 1.29 is 13.2 Å². The van der Waals surface area contributed by atoms with Crippen LogP contribution in [0.1, 0.15) is 43.2 Å². The predicted octanol–water partition coefficient (Wildman–Crippen LogP) is 4.97. The highest BCUT2D eigenvalue weighted by Crippen LogP contribution is 2.44. The van der Waals surface area contributed by atoms with Crippen LogP contribution < -0.4 is 15.5 Å². The van der Waals surface area contributed by atoms with E-state index in [1.54, 1.807) is 7.05 Å². The molecule has 0 atom stereocenters. The third-order valence-electron chi connectivity index (χ3n) is 6.74. The van der Waals surface area contributed by atoms with Gasteiger partial charge in [0.25, 0.3) is 0 Å². The lowest BCUT2D eigenvalue weighted by molar-refractivity contribution is -0.137. The van der Waals surface area contributed by atoms with Gasteiger partial charge in [-0.1, -0.05) is 30.7 Å². The van der Waals surface area contributed by atoms with Crippen LogP contribution in [0, 0.1) is 0 Å². The fourth-order valence-corrected chi connectivity index (χ4v) is 4.63. The molecular weight excluding hydrogens is 542 g/mol. The van der Waals surface area contributed by atoms with E-state index < -0.39 is 11.7 Å². The van der Waals surface area contributed by atoms with Crippen LogP contribution in [0.2, 0.25) is 0 Å². The minimum atomic E-state index is -4.32. The Bertz CT molecular complexity index is 923. The zero-order valence-corrected chi connectivity index (χ0v) is 21.1. The lowest BCUT2D eigenvalue weighted by Gasteiger charge is -2.43. The fourth-order valence-electron chi connectivity index (χ4n) is 4.63. The molecule has 5 nitrogen and oxygen atoms in total. The number of alkyl halides is 3. The fraction of sp³-hybridized carbons (Fsp3) is 0.500. The molecule has 4 rings (SSSR count). The molecule has 1 saturated heterocycles. The first-order chi connectivity index (χ1) is 15.4. The molecule has 0 amide bonds. The maximum atomic E-state index is 13.2. The summed E-state index contributed by atoms with van der Waals surface area (Å²) in [4.78, 5) is 11.1. The van der Waals surface area contributed by atoms with E-state index in [1.807, 2.05) is 30.5 Å². The van der Waals surface area contributed by atoms with Crippen LogP contribution in [0.3, 0.4) is 0 Å². The molecular formula is C24H31F3IN5. The van der Waals surface area contributed by atoms with Crippen LogP contribution in [0.25, 0.3) is 0 Å². The van der Waals surface area contributed by atoms with Gasteiger partial charge in [-0.05, 0) is 49.4 Å². The Morgan fingerprint density at radius 1 is 1.15 bits per heavy atom. The minimum Gasteiger partial charge on any atom is -0.356 e. The summed E-state index contributed by atoms with van der Waals surface area (Å²) >= 11 is 0. The smallest absolute Gasteiger partial charge is 0.356 e. The summed E-state index contributed by atoms with van der Waals surface area (Å²) in [6.07, 6.45) is 2.20. The average molecular weight is 573 g/mol. The van der Waals surface area contributed by atoms with Crippen LogP contribution in [0.5, 0.6) is 0 Å². The summed E-state index contributed by atoms with van der Waals surface area (Å²) in [6.45, 7) is 2.40. The first-order valence-electron chi connectivity index (χ1n) is 11.2. The first kappa shape index (κ1) is 25.6. The second-order valence-corrected chi connectivity index (χ2v) is 8.73. The van der Waals surface area contributed by atoms with Gasteiger partial charge in [-0.15, -0.1) is 24.0 Å². The number of aromatic nitrogens is 1. The van der Waals surface area contributed by atoms with Crippen molar-refractivity contribution in [1.82, 2.24) is 15.6 Å². The Labute approximate surface area is 210 Å². The Balaban J connectivity index is 0.00000306. The molecule has 0 radical (unpaired) electrons. The SMILES string of the molecule is CN=C(NCC1(c2cccc(C(F)(F)F)c2)CCC1)NC1CCN(c2ccccn2)CC1.I. The van der Waals surface area contributed by atoms with Gasteiger partial charge in [0.05, 0.1) is 5.56 Å². The van der Waals surface area contributed by atoms with E-state index in [4.69, 9.17) is 0 Å². The maximum Gasteiger partial charge on any atom is 0.416 e. The number of anilines is 1. The maximum absolute atomic E-state index is 13.2. The van der Waals surface area contributed by atoms with Crippen molar-refractivity contribution in [2.75, 3.05) is 31.6 Å². The Hall–Kier alpha value is -2.04. The largest absolute Gasteiger partial charge is 0.416 e. The van der Waals surface area contributed by atoms with E-state index in [0.717, 1.165) is 62.6 Å². The van der Waals surface area contributed by atoms with E-state index >= 15 is 0 Å². The zero-order chi connectivity index (χ0) is 22.6. The lowest BCUT2D eigenvalue weighted by atomic mass is 9.64. The number of aliphatic imine (C=N–C) groups is 1. The lowest BCUT2D eigenvalue weighted by Crippen LogP contribution is -2.52. The van der Waals surface area contributed by atoms with Gasteiger partial charge < -0.3 is 15.5 Å². The molecule has 2 heterocycles. The van der Waals surface area contributed by atoms with E-state index in [2.05, 4.69) is 25.5 Å². The second kappa shape index (κ2) is 10.9. The number of nitrogens with zero attached hydrogens (tertiary/aromatic N) is 3. The highest BCUT2D eigenvalue weighted by atomic mass is 127. The minimum absolute atomic E-state index is 0. The van der Waals surface area contributed by atoms with E-state index in [-0.39, 0.29) is 29.4 Å². The molecule has 2 fully saturated rings. The van der Waals surface area contributed by atoms with Crippen LogP contribution in [0.4, 0.5) is 19.0 Å². The van der Waals surface area contributed by atoms with Crippen molar-refractivity contribution >= 4 is 35.8 Å². The number of hydrogen-bond acceptors (Lipinski definition) is 3. The highest BCUT2D eigenvalue weighted by molar-refractivity contribution is 14.0. The molecule has 0 unspecified atom stereocenters. The van der Waals surface area contributed by atoms with Crippen molar-refractivity contribution in [3.8, 4) is 0 Å². The molecule has 1 aliphatic heterocycles. The normalized spacial score (nSPS) is 18.8. The van der Waals surface area contributed by atoms with Crippen molar-refractivity contribution in [3.05, 3.63) is 59.8 Å². The molecule has 180 valence electrons. The van der Waals surface area contributed by atoms with Crippen molar-refractivity contribution in [3.63, 3.8) is 0 Å². The Morgan fingerprint density at radius 2 is 1.91 bits per heavy atom. The van der Waals surface area contributed by atoms with Gasteiger partial charge in [0, 0.05) is 44.3 Å². The summed E-state index contributed by atoms with van der Waals surface area (Å²) in [5.41, 5.74) is -0.102. The van der Waals surface area contributed by atoms with Crippen molar-refractivity contribution in [2.45, 2.75) is 49.7 Å². The number of nitrogens with one attached hydrogen (secondary N) is 2. The van der Waals surface area contributed by atoms with Gasteiger partial charge in [-0.3, -0.25) is 4.99 Å². The second-order valence-electron chi connectivity index (χ2n) is 8.73. The molecule has 33 heavy (non-hydrogen) atoms. The molecule has 0 bridgehead atoms. The van der Waals surface area contributed by atoms with Crippen molar-refractivity contribution in [1.29, 1.82) is 0 Å². The van der Waals surface area contributed by atoms with Gasteiger partial charge in [0.15, 0.2) is 5.96 Å². The van der Waals surface area contributed by atoms with E-state index in [9.17, 15) is 13.2 Å². The summed E-state index contributed by atoms with van der Waals surface area (Å²) in [7, 11) is 1.73. The van der Waals surface area contributed by atoms with E-state index in [1.165, 1.54) is 12.1 Å². The standard InChI is InChI=1S/C24H30F3N5.HI/c1-28-22(31-20-9-14-32(15-10-20)21-8-2-3-13-29-21)30-17-23(11-5-12-23)18-6-4-7-19(16-18)24(25,26)27;/h2-4,6-8,13,16,20H,5,9-12,14-15,17H2,1H3,(H2,28,30,31);1H. The summed E-state index contributed by atoms with van der Waals surface area (Å²) in [5, 5.41) is 6.89. The van der Waals surface area contributed by atoms with Crippen LogP contribution >= 0.6 is 24.0 Å². The van der Waals surface area contributed by atoms with Gasteiger partial charge in [0.2, 0.25) is 0 Å². The van der Waals surface area contributed by atoms with Crippen molar-refractivity contribution in [2.24, 2.45) is 4.99 Å². The van der Waals surface area contributed by atoms with Gasteiger partial charge in [0.1, 0.15) is 5.82 Å². The third kappa shape index (κ3) is 6.10. The average Bonchev–Trinajstić information content (AvgIpc) is 2.78. The van der Waals surface area contributed by atoms with Crippen LogP contribution in [-0.4, -0.2) is 43.7 Å². The highest BCUT2D eigenvalue weighted by Gasteiger charge is 2.40. The van der Waals surface area contributed by atoms with Gasteiger partial charge in [-0.2, -0.15) is 13.2 Å². The molecule has 1 saturated carbocycles. The number of rotatable bonds is 5. The quantitative estimate of drug-likeness (QED) is 0.301. The number of pyridine rings is 1. The Kier molecular flexibility index (Phi) is 8.47. The monoisotopic (exact) mass is 573 g/mol. The number of guanidine groups is 1. The summed E-state index contributed by atoms with van der Waals surface area (Å²) in [5.74, 6) is 1.71. The molecule has 0 spiro atoms. The van der Waals surface area contributed by atoms with E-state index in [0.29, 0.717) is 18.5 Å². The number of benzene rings is 1. The van der Waals surface area contributed by atoms with Crippen LogP contribution in [-0.2, 0) is 11.6 Å². The zero-order valence-electron chi connectivity index (χ0n) is 18.7. The third-order valence-corrected chi connectivity index (χ3v) is 6.74. The number of hydrogen-bond donors (Lipinski definition) is 2. The molecule has 9 heteroatoms. The molecule has 2 N–H and O–H groups in total. The molecule has 1 aromatic carbocycles.